The summed E-state index contributed by atoms with van der Waals surface area (Å²) in [6.07, 6.45) is 4.64. The first-order valence-electron chi connectivity index (χ1n) is 5.18. The van der Waals surface area contributed by atoms with Crippen molar-refractivity contribution in [3.05, 3.63) is 30.7 Å². The molecule has 0 bridgehead atoms. The summed E-state index contributed by atoms with van der Waals surface area (Å²) in [5, 5.41) is 7.69. The molecule has 2 aromatic heterocycles. The first-order valence-corrected chi connectivity index (χ1v) is 5.18. The van der Waals surface area contributed by atoms with Crippen molar-refractivity contribution in [2.24, 2.45) is 0 Å². The van der Waals surface area contributed by atoms with Crippen molar-refractivity contribution in [1.82, 2.24) is 24.8 Å². The minimum absolute atomic E-state index is 0.0569. The smallest absolute Gasteiger partial charge is 0.247 e. The molecule has 1 atom stereocenters. The molecule has 1 amide bonds. The van der Waals surface area contributed by atoms with Gasteiger partial charge in [-0.1, -0.05) is 5.16 Å². The summed E-state index contributed by atoms with van der Waals surface area (Å²) < 4.78 is 6.22. The summed E-state index contributed by atoms with van der Waals surface area (Å²) in [6, 6.07) is 1.44. The monoisotopic (exact) mass is 235 g/mol. The maximum atomic E-state index is 12.0. The zero-order valence-corrected chi connectivity index (χ0v) is 9.65. The van der Waals surface area contributed by atoms with E-state index in [1.807, 2.05) is 0 Å². The standard InChI is InChI=1S/C10H13N5O2/c1-8(15-5-3-4-12-15)10(16)14(2)6-9-11-7-17-13-9/h3-5,7-8H,6H2,1-2H3. The normalized spacial score (nSPS) is 12.4. The zero-order chi connectivity index (χ0) is 12.3. The lowest BCUT2D eigenvalue weighted by Crippen LogP contribution is -2.33. The fourth-order valence-corrected chi connectivity index (χ4v) is 1.49. The van der Waals surface area contributed by atoms with Crippen LogP contribution in [-0.2, 0) is 11.3 Å². The molecule has 0 radical (unpaired) electrons. The van der Waals surface area contributed by atoms with Crippen LogP contribution in [0.25, 0.3) is 0 Å². The fraction of sp³-hybridized carbons (Fsp3) is 0.400. The molecule has 0 aliphatic carbocycles. The first kappa shape index (κ1) is 11.3. The van der Waals surface area contributed by atoms with E-state index in [4.69, 9.17) is 0 Å². The third-order valence-corrected chi connectivity index (χ3v) is 2.44. The molecule has 0 N–H and O–H groups in total. The predicted octanol–water partition coefficient (Wildman–Crippen LogP) is 0.486. The van der Waals surface area contributed by atoms with Crippen molar-refractivity contribution < 1.29 is 9.32 Å². The van der Waals surface area contributed by atoms with Crippen LogP contribution in [0.2, 0.25) is 0 Å². The Morgan fingerprint density at radius 2 is 2.47 bits per heavy atom. The lowest BCUT2D eigenvalue weighted by Gasteiger charge is -2.20. The van der Waals surface area contributed by atoms with Gasteiger partial charge in [-0.3, -0.25) is 9.48 Å². The first-order chi connectivity index (χ1) is 8.18. The topological polar surface area (TPSA) is 77.0 Å². The van der Waals surface area contributed by atoms with Crippen LogP contribution in [0.15, 0.2) is 29.4 Å². The van der Waals surface area contributed by atoms with E-state index >= 15 is 0 Å². The Kier molecular flexibility index (Phi) is 3.17. The fourth-order valence-electron chi connectivity index (χ4n) is 1.49. The maximum Gasteiger partial charge on any atom is 0.247 e. The molecule has 2 heterocycles. The highest BCUT2D eigenvalue weighted by Crippen LogP contribution is 2.08. The molecule has 0 aromatic carbocycles. The van der Waals surface area contributed by atoms with E-state index in [2.05, 4.69) is 19.8 Å². The Labute approximate surface area is 98.0 Å². The van der Waals surface area contributed by atoms with Crippen molar-refractivity contribution >= 4 is 5.91 Å². The molecule has 0 saturated carbocycles. The average molecular weight is 235 g/mol. The van der Waals surface area contributed by atoms with Crippen molar-refractivity contribution in [2.45, 2.75) is 19.5 Å². The van der Waals surface area contributed by atoms with Gasteiger partial charge < -0.3 is 9.42 Å². The highest BCUT2D eigenvalue weighted by Gasteiger charge is 2.20. The minimum Gasteiger partial charge on any atom is -0.343 e. The third kappa shape index (κ3) is 2.49. The van der Waals surface area contributed by atoms with Crippen LogP contribution < -0.4 is 0 Å². The number of hydrogen-bond donors (Lipinski definition) is 0. The van der Waals surface area contributed by atoms with Crippen molar-refractivity contribution in [1.29, 1.82) is 0 Å². The molecule has 2 rings (SSSR count). The molecular formula is C10H13N5O2. The number of hydrogen-bond acceptors (Lipinski definition) is 5. The van der Waals surface area contributed by atoms with Gasteiger partial charge in [0.1, 0.15) is 6.04 Å². The van der Waals surface area contributed by atoms with Crippen molar-refractivity contribution in [3.63, 3.8) is 0 Å². The summed E-state index contributed by atoms with van der Waals surface area (Å²) in [5.74, 6) is 0.423. The Morgan fingerprint density at radius 3 is 3.06 bits per heavy atom. The summed E-state index contributed by atoms with van der Waals surface area (Å²) >= 11 is 0. The maximum absolute atomic E-state index is 12.0. The van der Waals surface area contributed by atoms with Crippen LogP contribution in [0, 0.1) is 0 Å². The predicted molar refractivity (Wildman–Crippen MR) is 57.7 cm³/mol. The number of likely N-dealkylation sites (N-methyl/N-ethyl adjacent to an activating group) is 1. The quantitative estimate of drug-likeness (QED) is 0.770. The largest absolute Gasteiger partial charge is 0.343 e. The Balaban J connectivity index is 2.00. The number of amides is 1. The second kappa shape index (κ2) is 4.77. The van der Waals surface area contributed by atoms with E-state index in [0.717, 1.165) is 0 Å². The number of rotatable bonds is 4. The van der Waals surface area contributed by atoms with E-state index in [9.17, 15) is 4.79 Å². The Hall–Kier alpha value is -2.18. The zero-order valence-electron chi connectivity index (χ0n) is 9.65. The van der Waals surface area contributed by atoms with Crippen LogP contribution >= 0.6 is 0 Å². The van der Waals surface area contributed by atoms with E-state index < -0.39 is 0 Å². The number of aromatic nitrogens is 4. The third-order valence-electron chi connectivity index (χ3n) is 2.44. The molecule has 7 nitrogen and oxygen atoms in total. The van der Waals surface area contributed by atoms with Crippen LogP contribution in [0.1, 0.15) is 18.8 Å². The van der Waals surface area contributed by atoms with Crippen molar-refractivity contribution in [3.8, 4) is 0 Å². The number of nitrogens with zero attached hydrogens (tertiary/aromatic N) is 5. The van der Waals surface area contributed by atoms with Crippen LogP contribution in [0.5, 0.6) is 0 Å². The van der Waals surface area contributed by atoms with Gasteiger partial charge in [0.25, 0.3) is 0 Å². The second-order valence-corrected chi connectivity index (χ2v) is 3.70. The van der Waals surface area contributed by atoms with Crippen LogP contribution in [0.4, 0.5) is 0 Å². The van der Waals surface area contributed by atoms with Gasteiger partial charge in [0.2, 0.25) is 12.3 Å². The van der Waals surface area contributed by atoms with Gasteiger partial charge in [-0.15, -0.1) is 0 Å². The molecule has 2 aromatic rings. The molecule has 0 saturated heterocycles. The van der Waals surface area contributed by atoms with Crippen LogP contribution in [-0.4, -0.2) is 37.8 Å². The Morgan fingerprint density at radius 1 is 1.65 bits per heavy atom. The van der Waals surface area contributed by atoms with Crippen LogP contribution in [0.3, 0.4) is 0 Å². The van der Waals surface area contributed by atoms with Gasteiger partial charge in [0, 0.05) is 19.4 Å². The molecular weight excluding hydrogens is 222 g/mol. The molecule has 17 heavy (non-hydrogen) atoms. The van der Waals surface area contributed by atoms with Crippen molar-refractivity contribution in [2.75, 3.05) is 7.05 Å². The molecule has 0 aliphatic heterocycles. The SMILES string of the molecule is CC(C(=O)N(C)Cc1ncon1)n1cccn1. The highest BCUT2D eigenvalue weighted by atomic mass is 16.5. The molecule has 7 heteroatoms. The van der Waals surface area contributed by atoms with Gasteiger partial charge in [-0.05, 0) is 13.0 Å². The lowest BCUT2D eigenvalue weighted by molar-refractivity contribution is -0.133. The summed E-state index contributed by atoms with van der Waals surface area (Å²) in [6.45, 7) is 2.11. The highest BCUT2D eigenvalue weighted by molar-refractivity contribution is 5.79. The van der Waals surface area contributed by atoms with E-state index in [1.54, 1.807) is 37.1 Å². The minimum atomic E-state index is -0.345. The van der Waals surface area contributed by atoms with E-state index in [0.29, 0.717) is 12.4 Å². The lowest BCUT2D eigenvalue weighted by atomic mass is 10.3. The number of carbonyl (C=O) groups is 1. The molecule has 0 aliphatic rings. The van der Waals surface area contributed by atoms with Gasteiger partial charge >= 0.3 is 0 Å². The molecule has 1 unspecified atom stereocenters. The summed E-state index contributed by atoms with van der Waals surface area (Å²) in [4.78, 5) is 17.5. The number of carbonyl (C=O) groups excluding carboxylic acids is 1. The van der Waals surface area contributed by atoms with Gasteiger partial charge in [0.05, 0.1) is 6.54 Å². The average Bonchev–Trinajstić information content (AvgIpc) is 2.99. The summed E-state index contributed by atoms with van der Waals surface area (Å²) in [5.41, 5.74) is 0. The van der Waals surface area contributed by atoms with Gasteiger partial charge in [0.15, 0.2) is 5.82 Å². The summed E-state index contributed by atoms with van der Waals surface area (Å²) in [7, 11) is 1.69. The Bertz CT molecular complexity index is 465. The molecule has 0 fully saturated rings. The second-order valence-electron chi connectivity index (χ2n) is 3.70. The van der Waals surface area contributed by atoms with Gasteiger partial charge in [-0.2, -0.15) is 10.1 Å². The van der Waals surface area contributed by atoms with E-state index in [-0.39, 0.29) is 11.9 Å². The van der Waals surface area contributed by atoms with E-state index in [1.165, 1.54) is 11.3 Å². The molecule has 0 spiro atoms. The molecule has 90 valence electrons. The van der Waals surface area contributed by atoms with Gasteiger partial charge in [-0.25, -0.2) is 0 Å².